The lowest BCUT2D eigenvalue weighted by atomic mass is 10.1. The van der Waals surface area contributed by atoms with Gasteiger partial charge >= 0.3 is 0 Å². The molecular formula is C23H23ClFN7O. The van der Waals surface area contributed by atoms with Gasteiger partial charge < -0.3 is 20.5 Å². The summed E-state index contributed by atoms with van der Waals surface area (Å²) in [6, 6.07) is 11.0. The predicted molar refractivity (Wildman–Crippen MR) is 128 cm³/mol. The molecule has 10 heteroatoms. The maximum absolute atomic E-state index is 13.2. The van der Waals surface area contributed by atoms with Gasteiger partial charge in [-0.25, -0.2) is 9.37 Å². The van der Waals surface area contributed by atoms with E-state index in [0.717, 1.165) is 24.7 Å². The molecule has 0 aliphatic heterocycles. The van der Waals surface area contributed by atoms with Crippen LogP contribution < -0.4 is 16.0 Å². The molecule has 33 heavy (non-hydrogen) atoms. The molecule has 4 aromatic rings. The molecule has 0 fully saturated rings. The highest BCUT2D eigenvalue weighted by molar-refractivity contribution is 6.28. The van der Waals surface area contributed by atoms with Crippen molar-refractivity contribution in [1.29, 1.82) is 0 Å². The second-order valence-electron chi connectivity index (χ2n) is 7.42. The van der Waals surface area contributed by atoms with Crippen molar-refractivity contribution in [3.8, 4) is 0 Å². The number of hydrogen-bond acceptors (Lipinski definition) is 6. The van der Waals surface area contributed by atoms with Crippen LogP contribution in [-0.4, -0.2) is 38.5 Å². The summed E-state index contributed by atoms with van der Waals surface area (Å²) in [5, 5.41) is 2.86. The highest BCUT2D eigenvalue weighted by Crippen LogP contribution is 2.25. The summed E-state index contributed by atoms with van der Waals surface area (Å²) < 4.78 is 15.1. The minimum atomic E-state index is -0.461. The molecule has 1 amide bonds. The molecule has 0 saturated heterocycles. The Morgan fingerprint density at radius 3 is 2.55 bits per heavy atom. The van der Waals surface area contributed by atoms with Crippen LogP contribution in [0.4, 0.5) is 21.6 Å². The number of carbonyl (C=O) groups is 1. The molecule has 0 aliphatic rings. The van der Waals surface area contributed by atoms with E-state index in [-0.39, 0.29) is 16.9 Å². The van der Waals surface area contributed by atoms with Crippen molar-refractivity contribution in [1.82, 2.24) is 19.5 Å². The van der Waals surface area contributed by atoms with Gasteiger partial charge in [0.15, 0.2) is 17.0 Å². The van der Waals surface area contributed by atoms with Crippen molar-refractivity contribution in [2.45, 2.75) is 20.4 Å². The van der Waals surface area contributed by atoms with Gasteiger partial charge in [0.05, 0.1) is 24.2 Å². The van der Waals surface area contributed by atoms with Gasteiger partial charge in [0.2, 0.25) is 5.28 Å². The summed E-state index contributed by atoms with van der Waals surface area (Å²) in [5.41, 5.74) is 9.02. The van der Waals surface area contributed by atoms with E-state index in [9.17, 15) is 9.18 Å². The highest BCUT2D eigenvalue weighted by Gasteiger charge is 2.17. The number of carbonyl (C=O) groups excluding carboxylic acids is 1. The zero-order chi connectivity index (χ0) is 23.5. The van der Waals surface area contributed by atoms with E-state index in [0.29, 0.717) is 34.8 Å². The lowest BCUT2D eigenvalue weighted by Gasteiger charge is -2.19. The van der Waals surface area contributed by atoms with E-state index in [2.05, 4.69) is 25.2 Å². The first-order valence-electron chi connectivity index (χ1n) is 10.5. The van der Waals surface area contributed by atoms with Crippen molar-refractivity contribution in [3.05, 3.63) is 71.0 Å². The van der Waals surface area contributed by atoms with E-state index < -0.39 is 5.82 Å². The van der Waals surface area contributed by atoms with Crippen LogP contribution in [0, 0.1) is 5.82 Å². The zero-order valence-electron chi connectivity index (χ0n) is 18.2. The number of anilines is 3. The molecule has 2 aromatic heterocycles. The Kier molecular flexibility index (Phi) is 6.41. The van der Waals surface area contributed by atoms with E-state index in [1.165, 1.54) is 12.1 Å². The van der Waals surface area contributed by atoms with E-state index >= 15 is 0 Å². The van der Waals surface area contributed by atoms with Crippen LogP contribution in [0.2, 0.25) is 5.28 Å². The number of hydrogen-bond donors (Lipinski definition) is 2. The number of nitrogens with zero attached hydrogens (tertiary/aromatic N) is 5. The maximum Gasteiger partial charge on any atom is 0.255 e. The summed E-state index contributed by atoms with van der Waals surface area (Å²) in [5.74, 6) is -0.0881. The van der Waals surface area contributed by atoms with Crippen LogP contribution in [0.1, 0.15) is 29.8 Å². The first-order chi connectivity index (χ1) is 15.9. The topological polar surface area (TPSA) is 102 Å². The molecular weight excluding hydrogens is 445 g/mol. The van der Waals surface area contributed by atoms with Gasteiger partial charge in [-0.3, -0.25) is 4.79 Å². The molecule has 0 aliphatic carbocycles. The van der Waals surface area contributed by atoms with Crippen LogP contribution in [0.25, 0.3) is 11.2 Å². The van der Waals surface area contributed by atoms with Crippen molar-refractivity contribution >= 4 is 45.9 Å². The Morgan fingerprint density at radius 1 is 1.15 bits per heavy atom. The van der Waals surface area contributed by atoms with Crippen LogP contribution in [-0.2, 0) is 6.54 Å². The fourth-order valence-corrected chi connectivity index (χ4v) is 3.72. The molecule has 0 atom stereocenters. The standard InChI is InChI=1S/C23H23ClFN7O/c1-3-31(4-2)20-19-21(30-23(24)29-20)32(13-27-19)12-14-5-7-15(8-6-14)22(33)28-18-10-9-16(25)11-17(18)26/h5-11,13H,3-4,12,26H2,1-2H3,(H,28,33). The number of benzene rings is 2. The van der Waals surface area contributed by atoms with Gasteiger partial charge in [0.1, 0.15) is 5.82 Å². The molecule has 0 radical (unpaired) electrons. The largest absolute Gasteiger partial charge is 0.397 e. The second kappa shape index (κ2) is 9.41. The Hall–Kier alpha value is -3.72. The van der Waals surface area contributed by atoms with Crippen LogP contribution in [0.3, 0.4) is 0 Å². The number of rotatable bonds is 7. The highest BCUT2D eigenvalue weighted by atomic mass is 35.5. The molecule has 2 heterocycles. The first kappa shape index (κ1) is 22.5. The summed E-state index contributed by atoms with van der Waals surface area (Å²) in [4.78, 5) is 27.9. The first-order valence-corrected chi connectivity index (χ1v) is 10.9. The smallest absolute Gasteiger partial charge is 0.255 e. The second-order valence-corrected chi connectivity index (χ2v) is 7.75. The molecule has 0 unspecified atom stereocenters. The van der Waals surface area contributed by atoms with Crippen LogP contribution in [0.15, 0.2) is 48.8 Å². The van der Waals surface area contributed by atoms with Crippen LogP contribution >= 0.6 is 11.6 Å². The molecule has 2 aromatic carbocycles. The number of aromatic nitrogens is 4. The van der Waals surface area contributed by atoms with E-state index in [4.69, 9.17) is 17.3 Å². The monoisotopic (exact) mass is 467 g/mol. The van der Waals surface area contributed by atoms with Gasteiger partial charge in [-0.1, -0.05) is 12.1 Å². The van der Waals surface area contributed by atoms with Crippen molar-refractivity contribution < 1.29 is 9.18 Å². The Bertz CT molecular complexity index is 1300. The fraction of sp³-hybridized carbons (Fsp3) is 0.217. The van der Waals surface area contributed by atoms with Gasteiger partial charge in [-0.2, -0.15) is 9.97 Å². The number of nitrogen functional groups attached to an aromatic ring is 1. The third kappa shape index (κ3) is 4.73. The number of amides is 1. The molecule has 0 saturated carbocycles. The van der Waals surface area contributed by atoms with Crippen molar-refractivity contribution in [2.75, 3.05) is 29.0 Å². The lowest BCUT2D eigenvalue weighted by molar-refractivity contribution is 0.102. The molecule has 0 bridgehead atoms. The minimum Gasteiger partial charge on any atom is -0.397 e. The zero-order valence-corrected chi connectivity index (χ0v) is 19.0. The summed E-state index contributed by atoms with van der Waals surface area (Å²) in [6.45, 7) is 6.14. The number of halogens is 2. The number of fused-ring (bicyclic) bond motifs is 1. The molecule has 4 rings (SSSR count). The average molecular weight is 468 g/mol. The maximum atomic E-state index is 13.2. The minimum absolute atomic E-state index is 0.164. The normalized spacial score (nSPS) is 11.0. The van der Waals surface area contributed by atoms with Gasteiger partial charge in [0, 0.05) is 18.7 Å². The summed E-state index contributed by atoms with van der Waals surface area (Å²) >= 11 is 6.19. The number of imidazole rings is 1. The molecule has 3 N–H and O–H groups in total. The van der Waals surface area contributed by atoms with E-state index in [1.54, 1.807) is 18.5 Å². The quantitative estimate of drug-likeness (QED) is 0.309. The molecule has 0 spiro atoms. The SMILES string of the molecule is CCN(CC)c1nc(Cl)nc2c1ncn2Cc1ccc(C(=O)Nc2ccc(F)cc2N)cc1. The van der Waals surface area contributed by atoms with Crippen molar-refractivity contribution in [3.63, 3.8) is 0 Å². The number of nitrogens with one attached hydrogen (secondary N) is 1. The third-order valence-electron chi connectivity index (χ3n) is 5.31. The average Bonchev–Trinajstić information content (AvgIpc) is 3.19. The van der Waals surface area contributed by atoms with Gasteiger partial charge in [-0.15, -0.1) is 0 Å². The summed E-state index contributed by atoms with van der Waals surface area (Å²) in [7, 11) is 0. The lowest BCUT2D eigenvalue weighted by Crippen LogP contribution is -2.23. The summed E-state index contributed by atoms with van der Waals surface area (Å²) in [6.07, 6.45) is 1.71. The predicted octanol–water partition coefficient (Wildman–Crippen LogP) is 4.35. The van der Waals surface area contributed by atoms with E-state index in [1.807, 2.05) is 30.5 Å². The fourth-order valence-electron chi connectivity index (χ4n) is 3.56. The third-order valence-corrected chi connectivity index (χ3v) is 5.48. The van der Waals surface area contributed by atoms with Crippen molar-refractivity contribution in [2.24, 2.45) is 0 Å². The van der Waals surface area contributed by atoms with Crippen LogP contribution in [0.5, 0.6) is 0 Å². The Labute approximate surface area is 195 Å². The Balaban J connectivity index is 1.54. The molecule has 170 valence electrons. The van der Waals surface area contributed by atoms with Gasteiger partial charge in [-0.05, 0) is 61.3 Å². The van der Waals surface area contributed by atoms with Gasteiger partial charge in [0.25, 0.3) is 5.91 Å². The molecule has 8 nitrogen and oxygen atoms in total. The Morgan fingerprint density at radius 2 is 1.88 bits per heavy atom. The number of nitrogens with two attached hydrogens (primary N) is 1.